The summed E-state index contributed by atoms with van der Waals surface area (Å²) in [4.78, 5) is 0. The largest absolute Gasteiger partial charge is 0.737 e. The molecule has 0 radical (unpaired) electrons. The van der Waals surface area contributed by atoms with Crippen molar-refractivity contribution >= 4 is 18.3 Å². The zero-order valence-corrected chi connectivity index (χ0v) is 18.8. The van der Waals surface area contributed by atoms with E-state index in [9.17, 15) is 0 Å². The van der Waals surface area contributed by atoms with E-state index in [1.165, 1.54) is 8.96 Å². The Morgan fingerprint density at radius 1 is 0.897 bits per heavy atom. The Morgan fingerprint density at radius 3 is 2.07 bits per heavy atom. The van der Waals surface area contributed by atoms with E-state index in [4.69, 9.17) is 9.47 Å². The first-order chi connectivity index (χ1) is 13.8. The van der Waals surface area contributed by atoms with Gasteiger partial charge in [-0.1, -0.05) is 13.8 Å². The monoisotopic (exact) mass is 406 g/mol. The van der Waals surface area contributed by atoms with Crippen LogP contribution in [0.4, 0.5) is 8.63 Å². The average molecular weight is 406 g/mol. The minimum atomic E-state index is -4.05. The zero-order valence-electron chi connectivity index (χ0n) is 18.8. The number of hydrogen-bond acceptors (Lipinski definition) is 2. The van der Waals surface area contributed by atoms with Gasteiger partial charge in [0.15, 0.2) is 11.4 Å². The van der Waals surface area contributed by atoms with Gasteiger partial charge in [0.05, 0.1) is 6.61 Å². The van der Waals surface area contributed by atoms with Crippen LogP contribution in [0.2, 0.25) is 0 Å². The lowest BCUT2D eigenvalue weighted by molar-refractivity contribution is -0.365. The van der Waals surface area contributed by atoms with Gasteiger partial charge >= 0.3 is 6.97 Å². The fraction of sp³-hybridized carbons (Fsp3) is 0.591. The number of allylic oxidation sites excluding steroid dienone is 2. The third-order valence-electron chi connectivity index (χ3n) is 6.30. The van der Waals surface area contributed by atoms with Crippen LogP contribution in [0, 0.1) is 6.92 Å². The fourth-order valence-electron chi connectivity index (χ4n) is 5.13. The Morgan fingerprint density at radius 2 is 1.52 bits per heavy atom. The molecule has 0 unspecified atom stereocenters. The summed E-state index contributed by atoms with van der Waals surface area (Å²) in [5.74, 6) is 0. The lowest BCUT2D eigenvalue weighted by atomic mass is 9.86. The van der Waals surface area contributed by atoms with Crippen LogP contribution in [0.1, 0.15) is 70.5 Å². The van der Waals surface area contributed by atoms with Gasteiger partial charge in [0.1, 0.15) is 6.61 Å². The van der Waals surface area contributed by atoms with E-state index in [0.717, 1.165) is 27.8 Å². The van der Waals surface area contributed by atoms with Crippen molar-refractivity contribution in [3.63, 3.8) is 0 Å². The highest BCUT2D eigenvalue weighted by atomic mass is 19.2. The van der Waals surface area contributed by atoms with Crippen molar-refractivity contribution in [2.75, 3.05) is 19.8 Å². The summed E-state index contributed by atoms with van der Waals surface area (Å²) in [6, 6.07) is 0. The maximum Gasteiger partial charge on any atom is 0.737 e. The molecule has 0 spiro atoms. The zero-order chi connectivity index (χ0) is 21.5. The quantitative estimate of drug-likeness (QED) is 0.562. The molecule has 2 aliphatic heterocycles. The first-order valence-electron chi connectivity index (χ1n) is 10.7. The van der Waals surface area contributed by atoms with E-state index in [-0.39, 0.29) is 13.2 Å². The molecule has 2 aliphatic rings. The Balaban J connectivity index is 2.37. The molecule has 0 bridgehead atoms. The fourth-order valence-corrected chi connectivity index (χ4v) is 5.13. The van der Waals surface area contributed by atoms with Crippen molar-refractivity contribution < 1.29 is 22.6 Å². The number of fused-ring (bicyclic) bond motifs is 2. The molecular formula is C22H33BF2N2O2. The molecule has 3 heterocycles. The summed E-state index contributed by atoms with van der Waals surface area (Å²) in [6.45, 7) is 11.0. The molecule has 0 saturated carbocycles. The van der Waals surface area contributed by atoms with Gasteiger partial charge in [-0.25, -0.2) is 0 Å². The Bertz CT molecular complexity index is 926. The van der Waals surface area contributed by atoms with Gasteiger partial charge in [0.25, 0.3) is 0 Å². The normalized spacial score (nSPS) is 18.1. The van der Waals surface area contributed by atoms with E-state index in [2.05, 4.69) is 0 Å². The molecule has 0 fully saturated rings. The smallest absolute Gasteiger partial charge is 0.391 e. The number of rotatable bonds is 8. The summed E-state index contributed by atoms with van der Waals surface area (Å²) < 4.78 is 46.3. The first kappa shape index (κ1) is 22.0. The molecule has 0 amide bonds. The molecule has 160 valence electrons. The lowest BCUT2D eigenvalue weighted by Crippen LogP contribution is -2.52. The number of aromatic nitrogens is 1. The maximum atomic E-state index is 16.3. The van der Waals surface area contributed by atoms with Crippen LogP contribution < -0.4 is 0 Å². The molecule has 4 nitrogen and oxygen atoms in total. The van der Waals surface area contributed by atoms with Crippen molar-refractivity contribution in [3.8, 4) is 0 Å². The van der Waals surface area contributed by atoms with Gasteiger partial charge in [-0.05, 0) is 58.6 Å². The van der Waals surface area contributed by atoms with Crippen molar-refractivity contribution in [1.29, 1.82) is 0 Å². The topological polar surface area (TPSA) is 26.4 Å². The predicted molar refractivity (Wildman–Crippen MR) is 115 cm³/mol. The Hall–Kier alpha value is -1.73. The van der Waals surface area contributed by atoms with Crippen LogP contribution in [0.3, 0.4) is 0 Å². The second-order valence-electron chi connectivity index (χ2n) is 7.73. The summed E-state index contributed by atoms with van der Waals surface area (Å²) >= 11 is 0. The number of hydrogen-bond donors (Lipinski definition) is 0. The van der Waals surface area contributed by atoms with Crippen molar-refractivity contribution in [3.05, 3.63) is 39.4 Å². The minimum Gasteiger partial charge on any atom is -0.391 e. The molecule has 1 aromatic heterocycles. The predicted octanol–water partition coefficient (Wildman–Crippen LogP) is 5.09. The molecule has 29 heavy (non-hydrogen) atoms. The molecule has 3 rings (SSSR count). The van der Waals surface area contributed by atoms with E-state index in [1.54, 1.807) is 0 Å². The average Bonchev–Trinajstić information content (AvgIpc) is 3.14. The lowest BCUT2D eigenvalue weighted by Gasteiger charge is -2.33. The molecule has 0 atom stereocenters. The van der Waals surface area contributed by atoms with Crippen LogP contribution in [-0.2, 0) is 22.5 Å². The standard InChI is InChI=1S/C22H33BF2N2O2/c1-8-17-14(5)21-16(7)22-15(6)18(9-2)20(13-29-11-4)27(22)23(24,25)26(21)19(17)12-28-10-3/h8-13H2,1-7H3. The van der Waals surface area contributed by atoms with Crippen LogP contribution in [0.15, 0.2) is 16.8 Å². The highest BCUT2D eigenvalue weighted by Gasteiger charge is 2.56. The maximum absolute atomic E-state index is 16.3. The Kier molecular flexibility index (Phi) is 6.20. The molecule has 0 aliphatic carbocycles. The van der Waals surface area contributed by atoms with Crippen LogP contribution in [0.5, 0.6) is 0 Å². The van der Waals surface area contributed by atoms with E-state index < -0.39 is 6.97 Å². The van der Waals surface area contributed by atoms with Gasteiger partial charge in [-0.2, -0.15) is 0 Å². The summed E-state index contributed by atoms with van der Waals surface area (Å²) in [5.41, 5.74) is 7.24. The van der Waals surface area contributed by atoms with Crippen LogP contribution in [0.25, 0.3) is 5.57 Å². The highest BCUT2D eigenvalue weighted by molar-refractivity contribution is 6.58. The van der Waals surface area contributed by atoms with Gasteiger partial charge < -0.3 is 27.1 Å². The van der Waals surface area contributed by atoms with Gasteiger partial charge in [-0.15, -0.1) is 0 Å². The summed E-state index contributed by atoms with van der Waals surface area (Å²) in [6.07, 6.45) is 1.40. The van der Waals surface area contributed by atoms with Gasteiger partial charge in [0, 0.05) is 41.3 Å². The second kappa shape index (κ2) is 8.19. The molecule has 0 saturated heterocycles. The Labute approximate surface area is 172 Å². The summed E-state index contributed by atoms with van der Waals surface area (Å²) in [5, 5.41) is 0. The molecule has 7 heteroatoms. The SMILES string of the molecule is CCOCC1=[N+]2C(=C(C)c3c(C)c(CC)c(COCC)n3[B-]2(F)F)C(C)=C1CC. The van der Waals surface area contributed by atoms with E-state index in [1.807, 2.05) is 48.5 Å². The number of ether oxygens (including phenoxy) is 2. The molecule has 0 aromatic carbocycles. The van der Waals surface area contributed by atoms with Crippen LogP contribution >= 0.6 is 0 Å². The third-order valence-corrected chi connectivity index (χ3v) is 6.30. The summed E-state index contributed by atoms with van der Waals surface area (Å²) in [7, 11) is 0. The molecule has 0 N–H and O–H groups in total. The number of halogens is 2. The van der Waals surface area contributed by atoms with Crippen molar-refractivity contribution in [2.45, 2.75) is 67.9 Å². The van der Waals surface area contributed by atoms with E-state index >= 15 is 8.63 Å². The second-order valence-corrected chi connectivity index (χ2v) is 7.73. The first-order valence-corrected chi connectivity index (χ1v) is 10.7. The van der Waals surface area contributed by atoms with Gasteiger partial charge in [0.2, 0.25) is 0 Å². The molecular weight excluding hydrogens is 373 g/mol. The van der Waals surface area contributed by atoms with Crippen molar-refractivity contribution in [2.24, 2.45) is 0 Å². The highest BCUT2D eigenvalue weighted by Crippen LogP contribution is 2.44. The minimum absolute atomic E-state index is 0.197. The third kappa shape index (κ3) is 3.14. The van der Waals surface area contributed by atoms with Crippen molar-refractivity contribution in [1.82, 2.24) is 4.48 Å². The van der Waals surface area contributed by atoms with E-state index in [0.29, 0.717) is 48.9 Å². The van der Waals surface area contributed by atoms with Gasteiger partial charge in [-0.3, -0.25) is 0 Å². The number of nitrogens with zero attached hydrogens (tertiary/aromatic N) is 2. The van der Waals surface area contributed by atoms with Crippen LogP contribution in [-0.4, -0.2) is 41.5 Å². The molecule has 1 aromatic rings.